The summed E-state index contributed by atoms with van der Waals surface area (Å²) in [7, 11) is 0. The molecule has 1 spiro atoms. The summed E-state index contributed by atoms with van der Waals surface area (Å²) < 4.78 is -0.845. The van der Waals surface area contributed by atoms with E-state index in [1.807, 2.05) is 62.4 Å². The van der Waals surface area contributed by atoms with Gasteiger partial charge in [-0.15, -0.1) is 18.3 Å². The fraction of sp³-hybridized carbons (Fsp3) is 0.433. The van der Waals surface area contributed by atoms with Gasteiger partial charge in [-0.3, -0.25) is 14.4 Å². The molecular weight excluding hydrogens is 500 g/mol. The van der Waals surface area contributed by atoms with E-state index in [0.717, 1.165) is 22.4 Å². The van der Waals surface area contributed by atoms with Crippen molar-refractivity contribution in [3.8, 4) is 0 Å². The van der Waals surface area contributed by atoms with Crippen LogP contribution in [0, 0.1) is 25.7 Å². The lowest BCUT2D eigenvalue weighted by Gasteiger charge is -2.40. The topological polar surface area (TPSA) is 98.2 Å². The number of hydrogen-bond acceptors (Lipinski definition) is 5. The number of aliphatic hydroxyl groups excluding tert-OH is 1. The number of nitrogens with zero attached hydrogens (tertiary/aromatic N) is 2. The number of carbonyl (C=O) groups excluding carboxylic acids is 2. The lowest BCUT2D eigenvalue weighted by Crippen LogP contribution is -2.58. The van der Waals surface area contributed by atoms with Crippen LogP contribution >= 0.6 is 11.8 Å². The number of thioether (sulfide) groups is 1. The third-order valence-corrected chi connectivity index (χ3v) is 10.4. The summed E-state index contributed by atoms with van der Waals surface area (Å²) in [5.41, 5.74) is 3.57. The van der Waals surface area contributed by atoms with Crippen molar-refractivity contribution in [3.63, 3.8) is 0 Å². The quantitative estimate of drug-likeness (QED) is 0.477. The molecule has 2 aromatic carbocycles. The van der Waals surface area contributed by atoms with Crippen LogP contribution < -0.4 is 4.90 Å². The molecule has 6 atom stereocenters. The van der Waals surface area contributed by atoms with Crippen LogP contribution in [-0.4, -0.2) is 68.1 Å². The Bertz CT molecular complexity index is 1250. The molecule has 5 rings (SSSR count). The molecule has 2 unspecified atom stereocenters. The number of para-hydroxylation sites is 1. The molecule has 2 N–H and O–H groups in total. The molecule has 3 aliphatic heterocycles. The average Bonchev–Trinajstić information content (AvgIpc) is 3.54. The van der Waals surface area contributed by atoms with E-state index < -0.39 is 34.6 Å². The van der Waals surface area contributed by atoms with E-state index in [-0.39, 0.29) is 30.2 Å². The van der Waals surface area contributed by atoms with Crippen molar-refractivity contribution in [1.82, 2.24) is 4.90 Å². The van der Waals surface area contributed by atoms with Crippen molar-refractivity contribution in [3.05, 3.63) is 77.9 Å². The number of hydrogen-bond donors (Lipinski definition) is 2. The fourth-order valence-corrected chi connectivity index (χ4v) is 9.17. The maximum Gasteiger partial charge on any atom is 0.308 e. The summed E-state index contributed by atoms with van der Waals surface area (Å²) in [5, 5.41) is 20.5. The van der Waals surface area contributed by atoms with Crippen molar-refractivity contribution < 1.29 is 24.6 Å². The van der Waals surface area contributed by atoms with Crippen molar-refractivity contribution >= 4 is 35.2 Å². The van der Waals surface area contributed by atoms with Gasteiger partial charge in [0.1, 0.15) is 6.04 Å². The Balaban J connectivity index is 1.64. The van der Waals surface area contributed by atoms with Crippen LogP contribution in [0.25, 0.3) is 0 Å². The molecule has 2 amide bonds. The molecule has 3 heterocycles. The first-order valence-corrected chi connectivity index (χ1v) is 14.0. The van der Waals surface area contributed by atoms with Crippen LogP contribution in [-0.2, 0) is 20.8 Å². The van der Waals surface area contributed by atoms with Gasteiger partial charge in [-0.1, -0.05) is 54.6 Å². The van der Waals surface area contributed by atoms with Crippen molar-refractivity contribution in [1.29, 1.82) is 0 Å². The molecule has 2 bridgehead atoms. The molecule has 0 aliphatic carbocycles. The Labute approximate surface area is 227 Å². The Morgan fingerprint density at radius 3 is 2.47 bits per heavy atom. The average molecular weight is 535 g/mol. The van der Waals surface area contributed by atoms with Crippen molar-refractivity contribution in [2.75, 3.05) is 18.1 Å². The molecule has 38 heavy (non-hydrogen) atoms. The van der Waals surface area contributed by atoms with E-state index in [2.05, 4.69) is 6.58 Å². The van der Waals surface area contributed by atoms with Crippen LogP contribution in [0.3, 0.4) is 0 Å². The number of aliphatic carboxylic acids is 1. The van der Waals surface area contributed by atoms with Crippen LogP contribution in [0.5, 0.6) is 0 Å². The van der Waals surface area contributed by atoms with Gasteiger partial charge in [0.15, 0.2) is 0 Å². The number of anilines is 1. The Morgan fingerprint density at radius 1 is 1.18 bits per heavy atom. The Kier molecular flexibility index (Phi) is 7.13. The second-order valence-electron chi connectivity index (χ2n) is 10.6. The first-order valence-electron chi connectivity index (χ1n) is 13.1. The van der Waals surface area contributed by atoms with Gasteiger partial charge in [0.2, 0.25) is 5.91 Å². The zero-order valence-electron chi connectivity index (χ0n) is 21.7. The third kappa shape index (κ3) is 4.05. The Morgan fingerprint density at radius 2 is 1.87 bits per heavy atom. The maximum absolute atomic E-state index is 14.7. The summed E-state index contributed by atoms with van der Waals surface area (Å²) in [4.78, 5) is 44.5. The van der Waals surface area contributed by atoms with E-state index in [9.17, 15) is 24.6 Å². The van der Waals surface area contributed by atoms with Crippen LogP contribution in [0.2, 0.25) is 0 Å². The highest BCUT2D eigenvalue weighted by molar-refractivity contribution is 8.02. The summed E-state index contributed by atoms with van der Waals surface area (Å²) >= 11 is 1.50. The van der Waals surface area contributed by atoms with E-state index in [4.69, 9.17) is 0 Å². The van der Waals surface area contributed by atoms with Gasteiger partial charge in [-0.2, -0.15) is 0 Å². The fourth-order valence-electron chi connectivity index (χ4n) is 6.98. The molecular formula is C30H34N2O5S. The van der Waals surface area contributed by atoms with Gasteiger partial charge < -0.3 is 20.0 Å². The first kappa shape index (κ1) is 26.5. The molecule has 8 heteroatoms. The van der Waals surface area contributed by atoms with E-state index in [0.29, 0.717) is 19.3 Å². The number of aliphatic hydroxyl groups is 1. The lowest BCUT2D eigenvalue weighted by molar-refractivity contribution is -0.149. The summed E-state index contributed by atoms with van der Waals surface area (Å²) in [5.74, 6) is -3.21. The zero-order valence-corrected chi connectivity index (χ0v) is 22.6. The minimum atomic E-state index is -0.989. The highest BCUT2D eigenvalue weighted by Gasteiger charge is 2.74. The van der Waals surface area contributed by atoms with Crippen LogP contribution in [0.4, 0.5) is 5.69 Å². The third-order valence-electron chi connectivity index (χ3n) is 8.46. The highest BCUT2D eigenvalue weighted by Crippen LogP contribution is 2.66. The minimum Gasteiger partial charge on any atom is -0.481 e. The largest absolute Gasteiger partial charge is 0.481 e. The molecule has 200 valence electrons. The number of carboxylic acids is 1. The predicted molar refractivity (Wildman–Crippen MR) is 148 cm³/mol. The van der Waals surface area contributed by atoms with E-state index >= 15 is 0 Å². The standard InChI is InChI=1S/C30H34N2O5S/c1-4-15-31(25-18(2)9-8-10-19(25)3)28(35)26-30-14-13-22(38-30)23(29(36)37)24(30)27(34)32(26)21(17-33)16-20-11-6-5-7-12-20/h4-12,21-24,26,33H,1,13-17H2,2-3H3,(H,36,37)/t21-,22+,23-,24+,26?,30?/m1/s1. The molecule has 3 aliphatic rings. The minimum absolute atomic E-state index is 0.200. The smallest absolute Gasteiger partial charge is 0.308 e. The second kappa shape index (κ2) is 10.2. The molecule has 0 saturated carbocycles. The number of carboxylic acid groups (broad SMARTS) is 1. The number of benzene rings is 2. The number of rotatable bonds is 9. The van der Waals surface area contributed by atoms with Crippen LogP contribution in [0.1, 0.15) is 29.5 Å². The van der Waals surface area contributed by atoms with Gasteiger partial charge in [-0.25, -0.2) is 0 Å². The van der Waals surface area contributed by atoms with Gasteiger partial charge >= 0.3 is 5.97 Å². The van der Waals surface area contributed by atoms with Crippen molar-refractivity contribution in [2.24, 2.45) is 11.8 Å². The zero-order chi connectivity index (χ0) is 27.2. The number of likely N-dealkylation sites (tertiary alicyclic amines) is 1. The summed E-state index contributed by atoms with van der Waals surface area (Å²) in [6.45, 7) is 7.71. The lowest BCUT2D eigenvalue weighted by atomic mass is 9.71. The Hall–Kier alpha value is -3.10. The van der Waals surface area contributed by atoms with Gasteiger partial charge in [0, 0.05) is 17.5 Å². The van der Waals surface area contributed by atoms with Crippen LogP contribution in [0.15, 0.2) is 61.2 Å². The number of carbonyl (C=O) groups is 3. The molecule has 0 aromatic heterocycles. The van der Waals surface area contributed by atoms with E-state index in [1.165, 1.54) is 11.8 Å². The number of aryl methyl sites for hydroxylation is 2. The molecule has 3 fully saturated rings. The molecule has 3 saturated heterocycles. The summed E-state index contributed by atoms with van der Waals surface area (Å²) in [6.07, 6.45) is 3.28. The van der Waals surface area contributed by atoms with Gasteiger partial charge in [-0.05, 0) is 49.8 Å². The SMILES string of the molecule is C=CCN(C(=O)C1N([C@@H](CO)Cc2ccccc2)C(=O)[C@@H]2[C@H](C(=O)O)[C@@H]3CCC12S3)c1c(C)cccc1C. The second-order valence-corrected chi connectivity index (χ2v) is 12.2. The normalized spacial score (nSPS) is 28.3. The monoisotopic (exact) mass is 534 g/mol. The van der Waals surface area contributed by atoms with E-state index in [1.54, 1.807) is 15.9 Å². The highest BCUT2D eigenvalue weighted by atomic mass is 32.2. The number of fused-ring (bicyclic) bond motifs is 1. The van der Waals surface area contributed by atoms with Gasteiger partial charge in [0.25, 0.3) is 5.91 Å². The summed E-state index contributed by atoms with van der Waals surface area (Å²) in [6, 6.07) is 13.9. The number of amides is 2. The molecule has 2 aromatic rings. The first-order chi connectivity index (χ1) is 18.2. The molecule has 0 radical (unpaired) electrons. The molecule has 7 nitrogen and oxygen atoms in total. The van der Waals surface area contributed by atoms with Gasteiger partial charge in [0.05, 0.1) is 29.2 Å². The predicted octanol–water partition coefficient (Wildman–Crippen LogP) is 3.60. The maximum atomic E-state index is 14.7. The van der Waals surface area contributed by atoms with Crippen molar-refractivity contribution in [2.45, 2.75) is 55.2 Å².